The molecule has 86 valence electrons. The van der Waals surface area contributed by atoms with Crippen molar-refractivity contribution in [1.29, 1.82) is 0 Å². The lowest BCUT2D eigenvalue weighted by Gasteiger charge is -2.20. The molecule has 0 aromatic rings. The lowest BCUT2D eigenvalue weighted by molar-refractivity contribution is -0.145. The summed E-state index contributed by atoms with van der Waals surface area (Å²) in [4.78, 5) is 22.4. The number of esters is 1. The van der Waals surface area contributed by atoms with E-state index in [0.29, 0.717) is 11.8 Å². The van der Waals surface area contributed by atoms with Crippen molar-refractivity contribution in [1.82, 2.24) is 0 Å². The van der Waals surface area contributed by atoms with Gasteiger partial charge in [-0.05, 0) is 24.7 Å². The van der Waals surface area contributed by atoms with Gasteiger partial charge in [-0.25, -0.2) is 0 Å². The van der Waals surface area contributed by atoms with Crippen molar-refractivity contribution in [2.75, 3.05) is 7.11 Å². The topological polar surface area (TPSA) is 43.4 Å². The Kier molecular flexibility index (Phi) is 3.89. The van der Waals surface area contributed by atoms with E-state index in [1.54, 1.807) is 0 Å². The number of carbonyl (C=O) groups is 2. The minimum absolute atomic E-state index is 0.244. The van der Waals surface area contributed by atoms with Crippen LogP contribution in [-0.2, 0) is 14.3 Å². The van der Waals surface area contributed by atoms with Gasteiger partial charge >= 0.3 is 5.97 Å². The van der Waals surface area contributed by atoms with Gasteiger partial charge in [-0.15, -0.1) is 0 Å². The van der Waals surface area contributed by atoms with Gasteiger partial charge in [0.2, 0.25) is 0 Å². The van der Waals surface area contributed by atoms with Crippen LogP contribution < -0.4 is 0 Å². The summed E-state index contributed by atoms with van der Waals surface area (Å²) in [5, 5.41) is 0. The van der Waals surface area contributed by atoms with E-state index in [1.165, 1.54) is 7.11 Å². The van der Waals surface area contributed by atoms with E-state index in [1.807, 2.05) is 0 Å². The van der Waals surface area contributed by atoms with Crippen LogP contribution >= 0.6 is 0 Å². The highest BCUT2D eigenvalue weighted by Gasteiger charge is 2.44. The molecule has 1 saturated carbocycles. The van der Waals surface area contributed by atoms with Crippen LogP contribution in [-0.4, -0.2) is 19.4 Å². The first-order valence-electron chi connectivity index (χ1n) is 5.60. The monoisotopic (exact) mass is 212 g/mol. The maximum absolute atomic E-state index is 11.3. The van der Waals surface area contributed by atoms with Gasteiger partial charge in [-0.2, -0.15) is 0 Å². The lowest BCUT2D eigenvalue weighted by atomic mass is 9.83. The maximum Gasteiger partial charge on any atom is 0.306 e. The molecule has 1 fully saturated rings. The van der Waals surface area contributed by atoms with Crippen molar-refractivity contribution < 1.29 is 14.3 Å². The minimum Gasteiger partial charge on any atom is -0.469 e. The normalized spacial score (nSPS) is 35.1. The fourth-order valence-corrected chi connectivity index (χ4v) is 2.80. The predicted molar refractivity (Wildman–Crippen MR) is 57.3 cm³/mol. The molecule has 0 aromatic heterocycles. The van der Waals surface area contributed by atoms with Gasteiger partial charge in [0, 0.05) is 5.41 Å². The molecule has 1 aliphatic rings. The van der Waals surface area contributed by atoms with Crippen LogP contribution in [0.3, 0.4) is 0 Å². The van der Waals surface area contributed by atoms with Gasteiger partial charge in [0.25, 0.3) is 0 Å². The number of rotatable bonds is 4. The van der Waals surface area contributed by atoms with Gasteiger partial charge < -0.3 is 9.53 Å². The van der Waals surface area contributed by atoms with Crippen LogP contribution in [0.1, 0.15) is 39.5 Å². The standard InChI is InChI=1S/C12H20O3/c1-4-10-6-12(8-13,5-9(10)2)7-11(14)15-3/h8-10H,4-7H2,1-3H3/t9-,10+,12-/m1/s1. The Morgan fingerprint density at radius 3 is 2.60 bits per heavy atom. The fraction of sp³-hybridized carbons (Fsp3) is 0.833. The third-order valence-electron chi connectivity index (χ3n) is 3.70. The SMILES string of the molecule is CC[C@H]1C[C@@](C=O)(CC(=O)OC)C[C@H]1C. The van der Waals surface area contributed by atoms with E-state index >= 15 is 0 Å². The van der Waals surface area contributed by atoms with Gasteiger partial charge in [0.15, 0.2) is 0 Å². The quantitative estimate of drug-likeness (QED) is 0.530. The number of methoxy groups -OCH3 is 1. The molecule has 3 nitrogen and oxygen atoms in total. The van der Waals surface area contributed by atoms with Gasteiger partial charge in [-0.3, -0.25) is 4.79 Å². The molecule has 0 saturated heterocycles. The smallest absolute Gasteiger partial charge is 0.306 e. The average molecular weight is 212 g/mol. The molecule has 0 unspecified atom stereocenters. The second kappa shape index (κ2) is 4.77. The Morgan fingerprint density at radius 1 is 1.53 bits per heavy atom. The average Bonchev–Trinajstić information content (AvgIpc) is 2.55. The summed E-state index contributed by atoms with van der Waals surface area (Å²) in [6.07, 6.45) is 3.95. The summed E-state index contributed by atoms with van der Waals surface area (Å²) in [6, 6.07) is 0. The van der Waals surface area contributed by atoms with Gasteiger partial charge in [0.05, 0.1) is 13.5 Å². The molecular weight excluding hydrogens is 192 g/mol. The number of hydrogen-bond donors (Lipinski definition) is 0. The van der Waals surface area contributed by atoms with Crippen molar-refractivity contribution in [3.63, 3.8) is 0 Å². The highest BCUT2D eigenvalue weighted by molar-refractivity contribution is 5.76. The molecule has 15 heavy (non-hydrogen) atoms. The van der Waals surface area contributed by atoms with Crippen LogP contribution in [0.15, 0.2) is 0 Å². The zero-order valence-corrected chi connectivity index (χ0v) is 9.79. The summed E-state index contributed by atoms with van der Waals surface area (Å²) < 4.78 is 4.65. The first-order chi connectivity index (χ1) is 7.06. The predicted octanol–water partition coefficient (Wildman–Crippen LogP) is 2.19. The van der Waals surface area contributed by atoms with Crippen molar-refractivity contribution in [3.8, 4) is 0 Å². The van der Waals surface area contributed by atoms with Gasteiger partial charge in [0.1, 0.15) is 6.29 Å². The largest absolute Gasteiger partial charge is 0.469 e. The molecule has 1 aliphatic carbocycles. The Bertz CT molecular complexity index is 249. The van der Waals surface area contributed by atoms with Crippen LogP contribution in [0.2, 0.25) is 0 Å². The van der Waals surface area contributed by atoms with E-state index in [0.717, 1.165) is 25.5 Å². The number of ether oxygens (including phenoxy) is 1. The van der Waals surface area contributed by atoms with Crippen LogP contribution in [0.25, 0.3) is 0 Å². The molecular formula is C12H20O3. The Morgan fingerprint density at radius 2 is 2.20 bits per heavy atom. The van der Waals surface area contributed by atoms with E-state index in [2.05, 4.69) is 18.6 Å². The second-order valence-electron chi connectivity index (χ2n) is 4.79. The van der Waals surface area contributed by atoms with E-state index in [4.69, 9.17) is 0 Å². The first-order valence-corrected chi connectivity index (χ1v) is 5.60. The van der Waals surface area contributed by atoms with Crippen LogP contribution in [0, 0.1) is 17.3 Å². The Labute approximate surface area is 91.2 Å². The zero-order chi connectivity index (χ0) is 11.5. The van der Waals surface area contributed by atoms with Crippen molar-refractivity contribution in [3.05, 3.63) is 0 Å². The van der Waals surface area contributed by atoms with E-state index in [-0.39, 0.29) is 12.4 Å². The highest BCUT2D eigenvalue weighted by Crippen LogP contribution is 2.47. The summed E-state index contributed by atoms with van der Waals surface area (Å²) in [5.41, 5.74) is -0.451. The maximum atomic E-state index is 11.3. The minimum atomic E-state index is -0.451. The molecule has 0 heterocycles. The zero-order valence-electron chi connectivity index (χ0n) is 9.79. The van der Waals surface area contributed by atoms with Crippen molar-refractivity contribution >= 4 is 12.3 Å². The highest BCUT2D eigenvalue weighted by atomic mass is 16.5. The molecule has 0 bridgehead atoms. The molecule has 0 spiro atoms. The molecule has 1 rings (SSSR count). The van der Waals surface area contributed by atoms with Crippen molar-refractivity contribution in [2.24, 2.45) is 17.3 Å². The van der Waals surface area contributed by atoms with E-state index < -0.39 is 5.41 Å². The van der Waals surface area contributed by atoms with E-state index in [9.17, 15) is 9.59 Å². The van der Waals surface area contributed by atoms with Crippen molar-refractivity contribution in [2.45, 2.75) is 39.5 Å². The molecule has 0 radical (unpaired) electrons. The number of aldehydes is 1. The molecule has 3 atom stereocenters. The first kappa shape index (κ1) is 12.2. The Hall–Kier alpha value is -0.860. The van der Waals surface area contributed by atoms with Crippen LogP contribution in [0.5, 0.6) is 0 Å². The third kappa shape index (κ3) is 2.58. The summed E-state index contributed by atoms with van der Waals surface area (Å²) in [6.45, 7) is 4.30. The summed E-state index contributed by atoms with van der Waals surface area (Å²) >= 11 is 0. The lowest BCUT2D eigenvalue weighted by Crippen LogP contribution is -2.24. The van der Waals surface area contributed by atoms with Crippen LogP contribution in [0.4, 0.5) is 0 Å². The summed E-state index contributed by atoms with van der Waals surface area (Å²) in [5.74, 6) is 0.829. The molecule has 0 N–H and O–H groups in total. The summed E-state index contributed by atoms with van der Waals surface area (Å²) in [7, 11) is 1.37. The fourth-order valence-electron chi connectivity index (χ4n) is 2.80. The number of carbonyl (C=O) groups excluding carboxylic acids is 2. The molecule has 3 heteroatoms. The molecule has 0 amide bonds. The van der Waals surface area contributed by atoms with Gasteiger partial charge in [-0.1, -0.05) is 20.3 Å². The Balaban J connectivity index is 2.71. The second-order valence-corrected chi connectivity index (χ2v) is 4.79. The number of hydrogen-bond acceptors (Lipinski definition) is 3. The molecule has 0 aromatic carbocycles. The third-order valence-corrected chi connectivity index (χ3v) is 3.70. The molecule has 0 aliphatic heterocycles.